The van der Waals surface area contributed by atoms with Gasteiger partial charge in [-0.25, -0.2) is 9.97 Å². The van der Waals surface area contributed by atoms with E-state index in [0.717, 1.165) is 0 Å². The molecule has 1 saturated heterocycles. The fourth-order valence-corrected chi connectivity index (χ4v) is 3.72. The van der Waals surface area contributed by atoms with Crippen molar-refractivity contribution in [2.45, 2.75) is 51.4 Å². The van der Waals surface area contributed by atoms with Gasteiger partial charge in [-0.05, 0) is 18.9 Å². The molecule has 3 heterocycles. The molecule has 2 fully saturated rings. The second-order valence-corrected chi connectivity index (χ2v) is 8.67. The number of nitrogens with zero attached hydrogens (tertiary/aromatic N) is 4. The molecule has 9 nitrogen and oxygen atoms in total. The molecule has 1 saturated carbocycles. The molecule has 1 aliphatic heterocycles. The van der Waals surface area contributed by atoms with Crippen molar-refractivity contribution < 1.29 is 14.6 Å². The fraction of sp³-hybridized carbons (Fsp3) is 0.583. The quantitative estimate of drug-likeness (QED) is 0.568. The molecule has 0 radical (unpaired) electrons. The Labute approximate surface area is 206 Å². The van der Waals surface area contributed by atoms with E-state index in [1.165, 1.54) is 50.9 Å². The molecular formula is C24H35ClN6O3. The summed E-state index contributed by atoms with van der Waals surface area (Å²) in [7, 11) is 0. The van der Waals surface area contributed by atoms with E-state index in [2.05, 4.69) is 21.0 Å². The maximum Gasteiger partial charge on any atom is 0.232 e. The summed E-state index contributed by atoms with van der Waals surface area (Å²) in [6.07, 6.45) is 14.8. The minimum atomic E-state index is -0.547. The Morgan fingerprint density at radius 2 is 1.74 bits per heavy atom. The Morgan fingerprint density at radius 1 is 1.12 bits per heavy atom. The number of nitrogens with two attached hydrogens (primary N) is 2. The van der Waals surface area contributed by atoms with Crippen LogP contribution in [0.4, 0.5) is 5.82 Å². The molecule has 0 spiro atoms. The second kappa shape index (κ2) is 15.4. The number of nitriles is 1. The Balaban J connectivity index is 0.000000340. The number of pyridine rings is 1. The van der Waals surface area contributed by atoms with Gasteiger partial charge in [-0.3, -0.25) is 4.98 Å². The van der Waals surface area contributed by atoms with Crippen LogP contribution in [-0.4, -0.2) is 53.0 Å². The molecule has 2 aliphatic rings. The summed E-state index contributed by atoms with van der Waals surface area (Å²) in [6.45, 7) is 1.85. The van der Waals surface area contributed by atoms with Crippen molar-refractivity contribution in [3.05, 3.63) is 29.7 Å². The summed E-state index contributed by atoms with van der Waals surface area (Å²) in [5.41, 5.74) is 11.1. The van der Waals surface area contributed by atoms with Crippen LogP contribution in [0.2, 0.25) is 5.02 Å². The van der Waals surface area contributed by atoms with Crippen LogP contribution in [0.5, 0.6) is 5.88 Å². The standard InChI is InChI=1S/C16H16ClN5O2.C6H12.C2H7NO/c17-12-6-21-14(19)5-11(12)13-7-20-8-15(22-13)24-10-16(9-18)1-3-23-4-2-16;1-2-4-6-5-3-1;3-1-2-4/h5-8H,1-4,10H2,(H2,19,21);1-6H2;4H,1-3H2. The van der Waals surface area contributed by atoms with E-state index in [-0.39, 0.29) is 13.2 Å². The van der Waals surface area contributed by atoms with Crippen LogP contribution in [-0.2, 0) is 4.74 Å². The van der Waals surface area contributed by atoms with Crippen molar-refractivity contribution in [3.8, 4) is 23.2 Å². The molecule has 2 aromatic heterocycles. The molecule has 2 aromatic rings. The van der Waals surface area contributed by atoms with Crippen molar-refractivity contribution in [1.82, 2.24) is 15.0 Å². The van der Waals surface area contributed by atoms with Crippen molar-refractivity contribution in [2.24, 2.45) is 11.1 Å². The van der Waals surface area contributed by atoms with Gasteiger partial charge < -0.3 is 26.0 Å². The number of aliphatic hydroxyl groups excluding tert-OH is 1. The van der Waals surface area contributed by atoms with Gasteiger partial charge in [0.2, 0.25) is 5.88 Å². The van der Waals surface area contributed by atoms with Crippen LogP contribution in [0.1, 0.15) is 51.4 Å². The molecule has 0 aromatic carbocycles. The number of hydrogen-bond acceptors (Lipinski definition) is 9. The Bertz CT molecular complexity index is 885. The smallest absolute Gasteiger partial charge is 0.232 e. The minimum Gasteiger partial charge on any atom is -0.475 e. The molecule has 1 aliphatic carbocycles. The van der Waals surface area contributed by atoms with Crippen LogP contribution < -0.4 is 16.2 Å². The van der Waals surface area contributed by atoms with Gasteiger partial charge in [-0.15, -0.1) is 0 Å². The third-order valence-corrected chi connectivity index (χ3v) is 5.88. The Hall–Kier alpha value is -2.51. The predicted octanol–water partition coefficient (Wildman–Crippen LogP) is 3.75. The highest BCUT2D eigenvalue weighted by atomic mass is 35.5. The molecule has 10 heteroatoms. The summed E-state index contributed by atoms with van der Waals surface area (Å²) in [6, 6.07) is 3.98. The van der Waals surface area contributed by atoms with E-state index in [0.29, 0.717) is 60.6 Å². The van der Waals surface area contributed by atoms with E-state index in [4.69, 9.17) is 37.6 Å². The molecule has 0 unspecified atom stereocenters. The van der Waals surface area contributed by atoms with Gasteiger partial charge in [-0.2, -0.15) is 5.26 Å². The Morgan fingerprint density at radius 3 is 2.29 bits per heavy atom. The van der Waals surface area contributed by atoms with Gasteiger partial charge in [0.1, 0.15) is 12.4 Å². The lowest BCUT2D eigenvalue weighted by molar-refractivity contribution is 0.0182. The average molecular weight is 491 g/mol. The monoisotopic (exact) mass is 490 g/mol. The normalized spacial score (nSPS) is 16.6. The number of aromatic nitrogens is 3. The van der Waals surface area contributed by atoms with Gasteiger partial charge in [0.25, 0.3) is 0 Å². The zero-order valence-electron chi connectivity index (χ0n) is 19.6. The first-order chi connectivity index (χ1) is 16.5. The molecule has 4 rings (SSSR count). The molecule has 186 valence electrons. The van der Waals surface area contributed by atoms with Crippen molar-refractivity contribution in [2.75, 3.05) is 38.7 Å². The number of aliphatic hydroxyl groups is 1. The number of nitrogen functional groups attached to an aromatic ring is 1. The van der Waals surface area contributed by atoms with Crippen LogP contribution in [0.25, 0.3) is 11.3 Å². The molecule has 0 bridgehead atoms. The largest absolute Gasteiger partial charge is 0.475 e. The van der Waals surface area contributed by atoms with E-state index >= 15 is 0 Å². The lowest BCUT2D eigenvalue weighted by Gasteiger charge is -2.29. The lowest BCUT2D eigenvalue weighted by atomic mass is 9.83. The van der Waals surface area contributed by atoms with Crippen LogP contribution >= 0.6 is 11.6 Å². The first kappa shape index (κ1) is 27.7. The van der Waals surface area contributed by atoms with Gasteiger partial charge >= 0.3 is 0 Å². The summed E-state index contributed by atoms with van der Waals surface area (Å²) >= 11 is 6.14. The Kier molecular flexibility index (Phi) is 12.6. The summed E-state index contributed by atoms with van der Waals surface area (Å²) < 4.78 is 11.0. The predicted molar refractivity (Wildman–Crippen MR) is 132 cm³/mol. The first-order valence-electron chi connectivity index (χ1n) is 11.7. The molecule has 0 amide bonds. The van der Waals surface area contributed by atoms with Crippen LogP contribution in [0.3, 0.4) is 0 Å². The second-order valence-electron chi connectivity index (χ2n) is 8.26. The highest BCUT2D eigenvalue weighted by Crippen LogP contribution is 2.31. The SMILES string of the molecule is C1CCCCC1.N#CC1(COc2cncc(-c3cc(N)ncc3Cl)n2)CCOCC1.NCCO. The van der Waals surface area contributed by atoms with Gasteiger partial charge in [0, 0.05) is 31.5 Å². The van der Waals surface area contributed by atoms with E-state index in [1.807, 2.05) is 0 Å². The van der Waals surface area contributed by atoms with E-state index in [9.17, 15) is 5.26 Å². The minimum absolute atomic E-state index is 0.0972. The van der Waals surface area contributed by atoms with Crippen molar-refractivity contribution in [1.29, 1.82) is 5.26 Å². The molecule has 34 heavy (non-hydrogen) atoms. The highest BCUT2D eigenvalue weighted by molar-refractivity contribution is 6.33. The van der Waals surface area contributed by atoms with Gasteiger partial charge in [0.05, 0.1) is 41.2 Å². The number of anilines is 1. The molecular weight excluding hydrogens is 456 g/mol. The van der Waals surface area contributed by atoms with Gasteiger partial charge in [0.15, 0.2) is 0 Å². The van der Waals surface area contributed by atoms with E-state index in [1.54, 1.807) is 12.3 Å². The number of rotatable bonds is 5. The van der Waals surface area contributed by atoms with Crippen LogP contribution in [0.15, 0.2) is 24.7 Å². The topological polar surface area (TPSA) is 153 Å². The lowest BCUT2D eigenvalue weighted by Crippen LogP contribution is -2.34. The third-order valence-electron chi connectivity index (χ3n) is 5.58. The average Bonchev–Trinajstić information content (AvgIpc) is 2.91. The number of hydrogen-bond donors (Lipinski definition) is 3. The highest BCUT2D eigenvalue weighted by Gasteiger charge is 2.34. The zero-order chi connectivity index (χ0) is 24.7. The molecule has 0 atom stereocenters. The number of ether oxygens (including phenoxy) is 2. The molecule has 5 N–H and O–H groups in total. The van der Waals surface area contributed by atoms with Crippen LogP contribution in [0, 0.1) is 16.7 Å². The van der Waals surface area contributed by atoms with Crippen molar-refractivity contribution >= 4 is 17.4 Å². The maximum atomic E-state index is 9.46. The maximum absolute atomic E-state index is 9.46. The van der Waals surface area contributed by atoms with E-state index < -0.39 is 5.41 Å². The van der Waals surface area contributed by atoms with Crippen molar-refractivity contribution in [3.63, 3.8) is 0 Å². The number of halogens is 1. The summed E-state index contributed by atoms with van der Waals surface area (Å²) in [4.78, 5) is 12.5. The van der Waals surface area contributed by atoms with Gasteiger partial charge in [-0.1, -0.05) is 50.1 Å². The third kappa shape index (κ3) is 9.39. The fourth-order valence-electron chi connectivity index (χ4n) is 3.52. The zero-order valence-corrected chi connectivity index (χ0v) is 20.3. The first-order valence-corrected chi connectivity index (χ1v) is 12.1. The summed E-state index contributed by atoms with van der Waals surface area (Å²) in [5.74, 6) is 0.674. The summed E-state index contributed by atoms with van der Waals surface area (Å²) in [5, 5.41) is 17.6.